The number of halogens is 2. The van der Waals surface area contributed by atoms with Gasteiger partial charge in [0, 0.05) is 24.9 Å². The van der Waals surface area contributed by atoms with Crippen molar-refractivity contribution in [1.82, 2.24) is 15.1 Å². The normalized spacial score (nSPS) is 10.4. The van der Waals surface area contributed by atoms with Gasteiger partial charge in [0.2, 0.25) is 0 Å². The minimum atomic E-state index is -0.691. The molecule has 1 heterocycles. The molecule has 0 saturated carbocycles. The Balaban J connectivity index is 2.17. The molecule has 0 unspecified atom stereocenters. The molecule has 2 rings (SSSR count). The number of carbonyl (C=O) groups is 1. The van der Waals surface area contributed by atoms with Crippen LogP contribution in [0.15, 0.2) is 24.4 Å². The lowest BCUT2D eigenvalue weighted by Crippen LogP contribution is -2.23. The molecule has 0 aliphatic rings. The summed E-state index contributed by atoms with van der Waals surface area (Å²) >= 11 is 11.5. The Labute approximate surface area is 129 Å². The van der Waals surface area contributed by atoms with E-state index >= 15 is 0 Å². The number of nitro benzene ring substituents is 1. The van der Waals surface area contributed by atoms with Gasteiger partial charge in [0.1, 0.15) is 5.02 Å². The highest BCUT2D eigenvalue weighted by molar-refractivity contribution is 6.43. The molecule has 0 aliphatic carbocycles. The molecule has 0 aliphatic heterocycles. The first-order chi connectivity index (χ1) is 9.88. The van der Waals surface area contributed by atoms with Gasteiger partial charge in [0.25, 0.3) is 11.6 Å². The molecule has 1 amide bonds. The van der Waals surface area contributed by atoms with E-state index in [2.05, 4.69) is 10.4 Å². The van der Waals surface area contributed by atoms with Crippen LogP contribution >= 0.6 is 23.2 Å². The minimum absolute atomic E-state index is 0.0474. The van der Waals surface area contributed by atoms with Crippen molar-refractivity contribution in [3.8, 4) is 0 Å². The van der Waals surface area contributed by atoms with E-state index in [0.29, 0.717) is 5.69 Å². The Morgan fingerprint density at radius 3 is 2.76 bits per heavy atom. The van der Waals surface area contributed by atoms with Crippen molar-refractivity contribution in [3.63, 3.8) is 0 Å². The van der Waals surface area contributed by atoms with E-state index in [1.165, 1.54) is 6.07 Å². The number of hydrogen-bond donors (Lipinski definition) is 1. The first-order valence-corrected chi connectivity index (χ1v) is 6.54. The van der Waals surface area contributed by atoms with Crippen molar-refractivity contribution in [2.45, 2.75) is 6.54 Å². The van der Waals surface area contributed by atoms with Crippen LogP contribution < -0.4 is 5.32 Å². The second kappa shape index (κ2) is 6.11. The minimum Gasteiger partial charge on any atom is -0.346 e. The summed E-state index contributed by atoms with van der Waals surface area (Å²) in [6, 6.07) is 4.12. The first kappa shape index (κ1) is 15.3. The highest BCUT2D eigenvalue weighted by Crippen LogP contribution is 2.33. The molecule has 7 nitrogen and oxygen atoms in total. The van der Waals surface area contributed by atoms with Crippen LogP contribution in [0.1, 0.15) is 16.1 Å². The van der Waals surface area contributed by atoms with Crippen LogP contribution in [-0.4, -0.2) is 20.6 Å². The second-order valence-corrected chi connectivity index (χ2v) is 5.00. The smallest absolute Gasteiger partial charge is 0.290 e. The Hall–Kier alpha value is -2.12. The first-order valence-electron chi connectivity index (χ1n) is 5.78. The zero-order valence-corrected chi connectivity index (χ0v) is 12.4. The topological polar surface area (TPSA) is 90.1 Å². The molecule has 0 spiro atoms. The molecule has 2 aromatic rings. The molecule has 0 bridgehead atoms. The van der Waals surface area contributed by atoms with E-state index in [4.69, 9.17) is 23.2 Å². The fraction of sp³-hybridized carbons (Fsp3) is 0.167. The monoisotopic (exact) mass is 328 g/mol. The van der Waals surface area contributed by atoms with Gasteiger partial charge in [-0.2, -0.15) is 5.10 Å². The highest BCUT2D eigenvalue weighted by Gasteiger charge is 2.20. The van der Waals surface area contributed by atoms with Gasteiger partial charge in [-0.05, 0) is 12.1 Å². The Morgan fingerprint density at radius 1 is 1.48 bits per heavy atom. The van der Waals surface area contributed by atoms with Crippen molar-refractivity contribution in [3.05, 3.63) is 55.8 Å². The maximum absolute atomic E-state index is 12.0. The molecule has 0 radical (unpaired) electrons. The van der Waals surface area contributed by atoms with Crippen molar-refractivity contribution >= 4 is 34.8 Å². The van der Waals surface area contributed by atoms with Gasteiger partial charge in [-0.15, -0.1) is 0 Å². The molecule has 0 saturated heterocycles. The lowest BCUT2D eigenvalue weighted by molar-refractivity contribution is -0.384. The lowest BCUT2D eigenvalue weighted by atomic mass is 10.2. The summed E-state index contributed by atoms with van der Waals surface area (Å²) in [4.78, 5) is 22.2. The van der Waals surface area contributed by atoms with E-state index in [-0.39, 0.29) is 22.2 Å². The number of aryl methyl sites for hydroxylation is 1. The van der Waals surface area contributed by atoms with Gasteiger partial charge in [-0.3, -0.25) is 19.6 Å². The van der Waals surface area contributed by atoms with Gasteiger partial charge < -0.3 is 5.32 Å². The number of amides is 1. The average molecular weight is 329 g/mol. The molecule has 1 aromatic carbocycles. The van der Waals surface area contributed by atoms with Crippen LogP contribution in [0.4, 0.5) is 5.69 Å². The quantitative estimate of drug-likeness (QED) is 0.689. The van der Waals surface area contributed by atoms with Crippen molar-refractivity contribution in [2.24, 2.45) is 7.05 Å². The highest BCUT2D eigenvalue weighted by atomic mass is 35.5. The van der Waals surface area contributed by atoms with Crippen LogP contribution in [0.25, 0.3) is 0 Å². The number of nitrogens with one attached hydrogen (secondary N) is 1. The largest absolute Gasteiger partial charge is 0.346 e. The maximum Gasteiger partial charge on any atom is 0.290 e. The van der Waals surface area contributed by atoms with Crippen LogP contribution in [0.3, 0.4) is 0 Å². The number of nitrogens with zero attached hydrogens (tertiary/aromatic N) is 3. The van der Waals surface area contributed by atoms with Crippen LogP contribution in [0.2, 0.25) is 10.0 Å². The number of carbonyl (C=O) groups excluding carboxylic acids is 1. The second-order valence-electron chi connectivity index (χ2n) is 4.21. The molecular formula is C12H10Cl2N4O3. The summed E-state index contributed by atoms with van der Waals surface area (Å²) in [5, 5.41) is 17.3. The fourth-order valence-electron chi connectivity index (χ4n) is 1.67. The van der Waals surface area contributed by atoms with E-state index in [9.17, 15) is 14.9 Å². The van der Waals surface area contributed by atoms with Gasteiger partial charge in [-0.1, -0.05) is 23.2 Å². The third kappa shape index (κ3) is 3.50. The molecule has 110 valence electrons. The number of benzene rings is 1. The van der Waals surface area contributed by atoms with Crippen molar-refractivity contribution < 1.29 is 9.72 Å². The summed E-state index contributed by atoms with van der Waals surface area (Å²) in [7, 11) is 1.76. The maximum atomic E-state index is 12.0. The standard InChI is InChI=1S/C12H10Cl2N4O3/c1-17-3-2-8(16-17)6-15-12(19)7-4-9(13)11(14)10(5-7)18(20)21/h2-5H,6H2,1H3,(H,15,19). The molecule has 0 fully saturated rings. The third-order valence-electron chi connectivity index (χ3n) is 2.67. The Bertz CT molecular complexity index is 715. The van der Waals surface area contributed by atoms with Crippen LogP contribution in [-0.2, 0) is 13.6 Å². The van der Waals surface area contributed by atoms with Gasteiger partial charge in [0.05, 0.1) is 22.2 Å². The Morgan fingerprint density at radius 2 is 2.19 bits per heavy atom. The summed E-state index contributed by atoms with van der Waals surface area (Å²) in [5.41, 5.74) is 0.319. The lowest BCUT2D eigenvalue weighted by Gasteiger charge is -2.05. The number of aromatic nitrogens is 2. The number of nitro groups is 1. The van der Waals surface area contributed by atoms with E-state index in [1.807, 2.05) is 0 Å². The molecule has 9 heteroatoms. The zero-order valence-electron chi connectivity index (χ0n) is 10.8. The molecule has 1 aromatic heterocycles. The van der Waals surface area contributed by atoms with Gasteiger partial charge >= 0.3 is 0 Å². The zero-order chi connectivity index (χ0) is 15.6. The summed E-state index contributed by atoms with van der Waals surface area (Å²) < 4.78 is 1.60. The molecule has 21 heavy (non-hydrogen) atoms. The van der Waals surface area contributed by atoms with Gasteiger partial charge in [-0.25, -0.2) is 0 Å². The van der Waals surface area contributed by atoms with Gasteiger partial charge in [0.15, 0.2) is 0 Å². The Kier molecular flexibility index (Phi) is 4.44. The SMILES string of the molecule is Cn1ccc(CNC(=O)c2cc(Cl)c(Cl)c([N+](=O)[O-])c2)n1. The summed E-state index contributed by atoms with van der Waals surface area (Å²) in [6.45, 7) is 0.202. The molecule has 1 N–H and O–H groups in total. The fourth-order valence-corrected chi connectivity index (χ4v) is 2.06. The predicted octanol–water partition coefficient (Wildman–Crippen LogP) is 2.57. The van der Waals surface area contributed by atoms with Crippen molar-refractivity contribution in [2.75, 3.05) is 0 Å². The predicted molar refractivity (Wildman–Crippen MR) is 77.5 cm³/mol. The van der Waals surface area contributed by atoms with Crippen LogP contribution in [0.5, 0.6) is 0 Å². The third-order valence-corrected chi connectivity index (χ3v) is 3.46. The van der Waals surface area contributed by atoms with E-state index in [1.54, 1.807) is 24.0 Å². The van der Waals surface area contributed by atoms with Crippen LogP contribution in [0, 0.1) is 10.1 Å². The number of rotatable bonds is 4. The average Bonchev–Trinajstić information content (AvgIpc) is 2.84. The van der Waals surface area contributed by atoms with Crippen molar-refractivity contribution in [1.29, 1.82) is 0 Å². The summed E-state index contributed by atoms with van der Waals surface area (Å²) in [5.74, 6) is -0.498. The number of hydrogen-bond acceptors (Lipinski definition) is 4. The molecule has 0 atom stereocenters. The molecular weight excluding hydrogens is 319 g/mol. The van der Waals surface area contributed by atoms with E-state index < -0.39 is 16.5 Å². The van der Waals surface area contributed by atoms with E-state index in [0.717, 1.165) is 6.07 Å². The summed E-state index contributed by atoms with van der Waals surface area (Å²) in [6.07, 6.45) is 1.74.